The summed E-state index contributed by atoms with van der Waals surface area (Å²) in [6, 6.07) is 7.28. The molecule has 0 amide bonds. The van der Waals surface area contributed by atoms with E-state index in [-0.39, 0.29) is 6.42 Å². The summed E-state index contributed by atoms with van der Waals surface area (Å²) in [5.41, 5.74) is 1.74. The van der Waals surface area contributed by atoms with Gasteiger partial charge in [-0.2, -0.15) is 0 Å². The summed E-state index contributed by atoms with van der Waals surface area (Å²) in [5, 5.41) is 46.7. The molecule has 21 heavy (non-hydrogen) atoms. The third kappa shape index (κ3) is 4.87. The van der Waals surface area contributed by atoms with E-state index < -0.39 is 36.8 Å². The highest BCUT2D eigenvalue weighted by Crippen LogP contribution is 2.11. The van der Waals surface area contributed by atoms with Crippen molar-refractivity contribution in [1.29, 1.82) is 0 Å². The molecule has 0 fully saturated rings. The SMILES string of the molecule is CCc1cccc(CC(=O)[C@H](O)[C@@H](O)[C@H](O)[C@H](O)CO)c1. The zero-order chi connectivity index (χ0) is 16.0. The topological polar surface area (TPSA) is 118 Å². The van der Waals surface area contributed by atoms with Crippen LogP contribution < -0.4 is 0 Å². The maximum atomic E-state index is 11.9. The maximum absolute atomic E-state index is 11.9. The van der Waals surface area contributed by atoms with Gasteiger partial charge in [0.1, 0.15) is 24.4 Å². The summed E-state index contributed by atoms with van der Waals surface area (Å²) in [6.07, 6.45) is -6.37. The number of hydrogen-bond acceptors (Lipinski definition) is 6. The second kappa shape index (κ2) is 8.21. The Balaban J connectivity index is 2.69. The fourth-order valence-electron chi connectivity index (χ4n) is 1.98. The Labute approximate surface area is 123 Å². The van der Waals surface area contributed by atoms with Crippen molar-refractivity contribution < 1.29 is 30.3 Å². The van der Waals surface area contributed by atoms with Crippen LogP contribution in [0.2, 0.25) is 0 Å². The predicted octanol–water partition coefficient (Wildman–Crippen LogP) is -1.20. The van der Waals surface area contributed by atoms with Crippen molar-refractivity contribution in [1.82, 2.24) is 0 Å². The second-order valence-corrected chi connectivity index (χ2v) is 4.99. The normalized spacial score (nSPS) is 17.0. The Kier molecular flexibility index (Phi) is 6.94. The van der Waals surface area contributed by atoms with Gasteiger partial charge in [-0.1, -0.05) is 31.2 Å². The zero-order valence-corrected chi connectivity index (χ0v) is 11.9. The van der Waals surface area contributed by atoms with Gasteiger partial charge in [0.05, 0.1) is 6.61 Å². The van der Waals surface area contributed by atoms with Crippen LogP contribution in [0.4, 0.5) is 0 Å². The fourth-order valence-corrected chi connectivity index (χ4v) is 1.98. The van der Waals surface area contributed by atoms with Gasteiger partial charge < -0.3 is 25.5 Å². The van der Waals surface area contributed by atoms with Crippen molar-refractivity contribution in [3.05, 3.63) is 35.4 Å². The summed E-state index contributed by atoms with van der Waals surface area (Å²) in [4.78, 5) is 11.9. The molecule has 0 radical (unpaired) electrons. The van der Waals surface area contributed by atoms with Gasteiger partial charge in [-0.05, 0) is 17.5 Å². The molecular weight excluding hydrogens is 276 g/mol. The van der Waals surface area contributed by atoms with E-state index in [4.69, 9.17) is 5.11 Å². The molecular formula is C15H22O6. The molecule has 118 valence electrons. The van der Waals surface area contributed by atoms with Crippen LogP contribution in [0.25, 0.3) is 0 Å². The summed E-state index contributed by atoms with van der Waals surface area (Å²) in [5.74, 6) is -0.667. The first-order chi connectivity index (χ1) is 9.90. The third-order valence-electron chi connectivity index (χ3n) is 3.36. The maximum Gasteiger partial charge on any atom is 0.168 e. The Morgan fingerprint density at radius 3 is 2.29 bits per heavy atom. The predicted molar refractivity (Wildman–Crippen MR) is 75.6 cm³/mol. The third-order valence-corrected chi connectivity index (χ3v) is 3.36. The van der Waals surface area contributed by atoms with Crippen LogP contribution in [0, 0.1) is 0 Å². The van der Waals surface area contributed by atoms with Crippen molar-refractivity contribution >= 4 is 5.78 Å². The Morgan fingerprint density at radius 1 is 1.10 bits per heavy atom. The van der Waals surface area contributed by atoms with Crippen LogP contribution >= 0.6 is 0 Å². The van der Waals surface area contributed by atoms with Gasteiger partial charge in [0.15, 0.2) is 5.78 Å². The molecule has 0 aliphatic rings. The van der Waals surface area contributed by atoms with Crippen molar-refractivity contribution in [3.8, 4) is 0 Å². The summed E-state index contributed by atoms with van der Waals surface area (Å²) < 4.78 is 0. The van der Waals surface area contributed by atoms with Gasteiger partial charge in [0.2, 0.25) is 0 Å². The smallest absolute Gasteiger partial charge is 0.168 e. The van der Waals surface area contributed by atoms with E-state index in [2.05, 4.69) is 0 Å². The monoisotopic (exact) mass is 298 g/mol. The minimum atomic E-state index is -1.85. The lowest BCUT2D eigenvalue weighted by atomic mass is 9.96. The number of carbonyl (C=O) groups excluding carboxylic acids is 1. The molecule has 0 bridgehead atoms. The molecule has 0 aliphatic heterocycles. The molecule has 1 rings (SSSR count). The number of hydrogen-bond donors (Lipinski definition) is 5. The first-order valence-electron chi connectivity index (χ1n) is 6.84. The van der Waals surface area contributed by atoms with Crippen molar-refractivity contribution in [3.63, 3.8) is 0 Å². The number of aliphatic hydroxyl groups excluding tert-OH is 5. The van der Waals surface area contributed by atoms with Gasteiger partial charge in [0.25, 0.3) is 0 Å². The Hall–Kier alpha value is -1.31. The number of benzene rings is 1. The van der Waals surface area contributed by atoms with Crippen LogP contribution in [-0.2, 0) is 17.6 Å². The molecule has 0 aromatic heterocycles. The molecule has 0 heterocycles. The van der Waals surface area contributed by atoms with Crippen molar-refractivity contribution in [2.45, 2.75) is 44.2 Å². The van der Waals surface area contributed by atoms with Gasteiger partial charge in [-0.3, -0.25) is 4.79 Å². The van der Waals surface area contributed by atoms with E-state index in [9.17, 15) is 25.2 Å². The highest BCUT2D eigenvalue weighted by Gasteiger charge is 2.33. The molecule has 5 N–H and O–H groups in total. The molecule has 0 aliphatic carbocycles. The largest absolute Gasteiger partial charge is 0.394 e. The highest BCUT2D eigenvalue weighted by molar-refractivity contribution is 5.85. The second-order valence-electron chi connectivity index (χ2n) is 4.99. The lowest BCUT2D eigenvalue weighted by Crippen LogP contribution is -2.49. The number of ketones is 1. The number of aliphatic hydroxyl groups is 5. The van der Waals surface area contributed by atoms with Gasteiger partial charge >= 0.3 is 0 Å². The summed E-state index contributed by atoms with van der Waals surface area (Å²) >= 11 is 0. The van der Waals surface area contributed by atoms with Gasteiger partial charge in [-0.15, -0.1) is 0 Å². The van der Waals surface area contributed by atoms with E-state index in [0.717, 1.165) is 12.0 Å². The van der Waals surface area contributed by atoms with Crippen molar-refractivity contribution in [2.24, 2.45) is 0 Å². The molecule has 4 atom stereocenters. The van der Waals surface area contributed by atoms with E-state index in [1.807, 2.05) is 19.1 Å². The molecule has 0 spiro atoms. The standard InChI is InChI=1S/C15H22O6/c1-2-9-4-3-5-10(6-9)7-11(17)13(19)15(21)14(20)12(18)8-16/h3-6,12-16,18-21H,2,7-8H2,1H3/t12-,13+,14-,15-/m1/s1. The Bertz CT molecular complexity index is 461. The number of Topliss-reactive ketones (excluding diaryl/α,β-unsaturated/α-hetero) is 1. The van der Waals surface area contributed by atoms with E-state index in [0.29, 0.717) is 5.56 Å². The molecule has 1 aromatic rings. The number of carbonyl (C=O) groups is 1. The molecule has 0 saturated carbocycles. The first kappa shape index (κ1) is 17.7. The number of aryl methyl sites for hydroxylation is 1. The minimum Gasteiger partial charge on any atom is -0.394 e. The molecule has 1 aromatic carbocycles. The van der Waals surface area contributed by atoms with E-state index >= 15 is 0 Å². The van der Waals surface area contributed by atoms with Crippen LogP contribution in [0.15, 0.2) is 24.3 Å². The summed E-state index contributed by atoms with van der Waals surface area (Å²) in [6.45, 7) is 1.20. The highest BCUT2D eigenvalue weighted by atomic mass is 16.4. The zero-order valence-electron chi connectivity index (χ0n) is 11.9. The lowest BCUT2D eigenvalue weighted by molar-refractivity contribution is -0.146. The molecule has 0 saturated heterocycles. The molecule has 0 unspecified atom stereocenters. The average molecular weight is 298 g/mol. The summed E-state index contributed by atoms with van der Waals surface area (Å²) in [7, 11) is 0. The molecule has 6 nitrogen and oxygen atoms in total. The van der Waals surface area contributed by atoms with E-state index in [1.165, 1.54) is 0 Å². The minimum absolute atomic E-state index is 0.0893. The first-order valence-corrected chi connectivity index (χ1v) is 6.84. The fraction of sp³-hybridized carbons (Fsp3) is 0.533. The van der Waals surface area contributed by atoms with Crippen LogP contribution in [-0.4, -0.2) is 62.3 Å². The Morgan fingerprint density at radius 2 is 1.71 bits per heavy atom. The lowest BCUT2D eigenvalue weighted by Gasteiger charge is -2.24. The molecule has 6 heteroatoms. The number of rotatable bonds is 8. The van der Waals surface area contributed by atoms with Gasteiger partial charge in [-0.25, -0.2) is 0 Å². The van der Waals surface area contributed by atoms with Crippen molar-refractivity contribution in [2.75, 3.05) is 6.61 Å². The average Bonchev–Trinajstić information content (AvgIpc) is 2.51. The van der Waals surface area contributed by atoms with Crippen LogP contribution in [0.5, 0.6) is 0 Å². The van der Waals surface area contributed by atoms with Crippen LogP contribution in [0.3, 0.4) is 0 Å². The van der Waals surface area contributed by atoms with Gasteiger partial charge in [0, 0.05) is 6.42 Å². The van der Waals surface area contributed by atoms with Crippen LogP contribution in [0.1, 0.15) is 18.1 Å². The van der Waals surface area contributed by atoms with E-state index in [1.54, 1.807) is 12.1 Å². The quantitative estimate of drug-likeness (QED) is 0.411.